The van der Waals surface area contributed by atoms with E-state index in [-0.39, 0.29) is 17.3 Å². The van der Waals surface area contributed by atoms with Gasteiger partial charge >= 0.3 is 5.69 Å². The third kappa shape index (κ3) is 2.01. The van der Waals surface area contributed by atoms with Crippen LogP contribution in [0.25, 0.3) is 11.1 Å². The average molecular weight is 244 g/mol. The quantitative estimate of drug-likeness (QED) is 0.879. The largest absolute Gasteiger partial charge is 0.328 e. The van der Waals surface area contributed by atoms with E-state index in [0.29, 0.717) is 11.3 Å². The summed E-state index contributed by atoms with van der Waals surface area (Å²) >= 11 is 0. The Morgan fingerprint density at radius 3 is 2.28 bits per heavy atom. The normalized spacial score (nSPS) is 10.9. The molecule has 1 N–H and O–H groups in total. The zero-order valence-corrected chi connectivity index (χ0v) is 10.7. The lowest BCUT2D eigenvalue weighted by atomic mass is 10.1. The first-order valence-electron chi connectivity index (χ1n) is 5.93. The van der Waals surface area contributed by atoms with E-state index >= 15 is 0 Å². The fraction of sp³-hybridized carbons (Fsp3) is 0.286. The SMILES string of the molecule is Cc1[nH]c(=O)n(C(C)C)c(=O)c1-c1ccccc1. The molecule has 18 heavy (non-hydrogen) atoms. The summed E-state index contributed by atoms with van der Waals surface area (Å²) < 4.78 is 1.25. The zero-order chi connectivity index (χ0) is 13.3. The van der Waals surface area contributed by atoms with Crippen molar-refractivity contribution in [1.29, 1.82) is 0 Å². The summed E-state index contributed by atoms with van der Waals surface area (Å²) in [4.78, 5) is 26.9. The number of aryl methyl sites for hydroxylation is 1. The van der Waals surface area contributed by atoms with Gasteiger partial charge in [-0.3, -0.25) is 9.36 Å². The first kappa shape index (κ1) is 12.4. The molecule has 0 spiro atoms. The molecule has 0 bridgehead atoms. The van der Waals surface area contributed by atoms with Gasteiger partial charge in [0.05, 0.1) is 5.56 Å². The van der Waals surface area contributed by atoms with E-state index in [1.165, 1.54) is 4.57 Å². The minimum absolute atomic E-state index is 0.163. The van der Waals surface area contributed by atoms with Crippen LogP contribution in [0.3, 0.4) is 0 Å². The van der Waals surface area contributed by atoms with Crippen molar-refractivity contribution in [3.05, 3.63) is 56.9 Å². The summed E-state index contributed by atoms with van der Waals surface area (Å²) in [5.41, 5.74) is 1.40. The monoisotopic (exact) mass is 244 g/mol. The summed E-state index contributed by atoms with van der Waals surface area (Å²) in [6.07, 6.45) is 0. The van der Waals surface area contributed by atoms with Crippen molar-refractivity contribution < 1.29 is 0 Å². The number of aromatic amines is 1. The second kappa shape index (κ2) is 4.64. The molecule has 0 radical (unpaired) electrons. The number of rotatable bonds is 2. The van der Waals surface area contributed by atoms with Crippen molar-refractivity contribution in [2.75, 3.05) is 0 Å². The summed E-state index contributed by atoms with van der Waals surface area (Å²) in [6.45, 7) is 5.39. The van der Waals surface area contributed by atoms with Gasteiger partial charge in [-0.25, -0.2) is 4.79 Å². The van der Waals surface area contributed by atoms with Crippen LogP contribution in [0.4, 0.5) is 0 Å². The van der Waals surface area contributed by atoms with Gasteiger partial charge in [0.2, 0.25) is 0 Å². The van der Waals surface area contributed by atoms with Crippen molar-refractivity contribution in [2.45, 2.75) is 26.8 Å². The first-order valence-corrected chi connectivity index (χ1v) is 5.93. The maximum Gasteiger partial charge on any atom is 0.328 e. The molecule has 0 fully saturated rings. The predicted molar refractivity (Wildman–Crippen MR) is 71.9 cm³/mol. The van der Waals surface area contributed by atoms with E-state index in [2.05, 4.69) is 4.98 Å². The first-order chi connectivity index (χ1) is 8.52. The van der Waals surface area contributed by atoms with Gasteiger partial charge in [-0.05, 0) is 26.3 Å². The smallest absolute Gasteiger partial charge is 0.311 e. The van der Waals surface area contributed by atoms with Crippen LogP contribution in [0.1, 0.15) is 25.6 Å². The Morgan fingerprint density at radius 2 is 1.72 bits per heavy atom. The molecule has 0 aliphatic rings. The molecule has 0 saturated heterocycles. The molecule has 4 nitrogen and oxygen atoms in total. The number of hydrogen-bond acceptors (Lipinski definition) is 2. The Bertz CT molecular complexity index is 666. The number of nitrogens with one attached hydrogen (secondary N) is 1. The Balaban J connectivity index is 2.81. The molecule has 0 amide bonds. The lowest BCUT2D eigenvalue weighted by molar-refractivity contribution is 0.545. The minimum Gasteiger partial charge on any atom is -0.311 e. The van der Waals surface area contributed by atoms with Gasteiger partial charge in [-0.2, -0.15) is 0 Å². The van der Waals surface area contributed by atoms with Gasteiger partial charge in [0, 0.05) is 11.7 Å². The van der Waals surface area contributed by atoms with E-state index in [4.69, 9.17) is 0 Å². The lowest BCUT2D eigenvalue weighted by Crippen LogP contribution is -2.38. The van der Waals surface area contributed by atoms with Gasteiger partial charge < -0.3 is 4.98 Å². The molecule has 0 aliphatic carbocycles. The third-order valence-electron chi connectivity index (χ3n) is 2.90. The lowest BCUT2D eigenvalue weighted by Gasteiger charge is -2.12. The van der Waals surface area contributed by atoms with Crippen molar-refractivity contribution in [1.82, 2.24) is 9.55 Å². The number of H-pyrrole nitrogens is 1. The molecular weight excluding hydrogens is 228 g/mol. The van der Waals surface area contributed by atoms with Crippen LogP contribution in [-0.4, -0.2) is 9.55 Å². The van der Waals surface area contributed by atoms with Gasteiger partial charge in [-0.15, -0.1) is 0 Å². The molecule has 0 atom stereocenters. The third-order valence-corrected chi connectivity index (χ3v) is 2.90. The maximum absolute atomic E-state index is 12.4. The molecule has 0 aliphatic heterocycles. The van der Waals surface area contributed by atoms with E-state index < -0.39 is 0 Å². The molecule has 0 saturated carbocycles. The standard InChI is InChI=1S/C14H16N2O2/c1-9(2)16-13(17)12(10(3)15-14(16)18)11-7-5-4-6-8-11/h4-9H,1-3H3,(H,15,18). The Kier molecular flexibility index (Phi) is 3.19. The molecule has 2 aromatic rings. The number of aromatic nitrogens is 2. The van der Waals surface area contributed by atoms with Crippen molar-refractivity contribution in [3.8, 4) is 11.1 Å². The van der Waals surface area contributed by atoms with Crippen LogP contribution in [0.5, 0.6) is 0 Å². The fourth-order valence-corrected chi connectivity index (χ4v) is 2.07. The molecule has 94 valence electrons. The van der Waals surface area contributed by atoms with Gasteiger partial charge in [0.15, 0.2) is 0 Å². The average Bonchev–Trinajstić information content (AvgIpc) is 2.28. The number of hydrogen-bond donors (Lipinski definition) is 1. The molecule has 2 rings (SSSR count). The van der Waals surface area contributed by atoms with E-state index in [1.54, 1.807) is 6.92 Å². The second-order valence-electron chi connectivity index (χ2n) is 4.57. The molecule has 1 aromatic carbocycles. The van der Waals surface area contributed by atoms with Crippen LogP contribution in [0.2, 0.25) is 0 Å². The Hall–Kier alpha value is -2.10. The van der Waals surface area contributed by atoms with Crippen LogP contribution < -0.4 is 11.2 Å². The molecular formula is C14H16N2O2. The highest BCUT2D eigenvalue weighted by atomic mass is 16.2. The van der Waals surface area contributed by atoms with Crippen molar-refractivity contribution in [3.63, 3.8) is 0 Å². The molecule has 1 heterocycles. The second-order valence-corrected chi connectivity index (χ2v) is 4.57. The van der Waals surface area contributed by atoms with Crippen LogP contribution in [-0.2, 0) is 0 Å². The highest BCUT2D eigenvalue weighted by molar-refractivity contribution is 5.64. The minimum atomic E-state index is -0.354. The van der Waals surface area contributed by atoms with E-state index in [9.17, 15) is 9.59 Å². The summed E-state index contributed by atoms with van der Waals surface area (Å²) in [5, 5.41) is 0. The maximum atomic E-state index is 12.4. The molecule has 4 heteroatoms. The summed E-state index contributed by atoms with van der Waals surface area (Å²) in [5.74, 6) is 0. The van der Waals surface area contributed by atoms with Gasteiger partial charge in [0.25, 0.3) is 5.56 Å². The van der Waals surface area contributed by atoms with Crippen LogP contribution >= 0.6 is 0 Å². The Morgan fingerprint density at radius 1 is 1.11 bits per heavy atom. The zero-order valence-electron chi connectivity index (χ0n) is 10.7. The van der Waals surface area contributed by atoms with Gasteiger partial charge in [0.1, 0.15) is 0 Å². The van der Waals surface area contributed by atoms with E-state index in [1.807, 2.05) is 44.2 Å². The van der Waals surface area contributed by atoms with Crippen molar-refractivity contribution in [2.24, 2.45) is 0 Å². The van der Waals surface area contributed by atoms with Gasteiger partial charge in [-0.1, -0.05) is 30.3 Å². The molecule has 0 unspecified atom stereocenters. The molecule has 1 aromatic heterocycles. The summed E-state index contributed by atoms with van der Waals surface area (Å²) in [7, 11) is 0. The van der Waals surface area contributed by atoms with Crippen molar-refractivity contribution >= 4 is 0 Å². The highest BCUT2D eigenvalue weighted by Gasteiger charge is 2.14. The fourth-order valence-electron chi connectivity index (χ4n) is 2.07. The van der Waals surface area contributed by atoms with Crippen LogP contribution in [0.15, 0.2) is 39.9 Å². The highest BCUT2D eigenvalue weighted by Crippen LogP contribution is 2.16. The Labute approximate surface area is 105 Å². The topological polar surface area (TPSA) is 54.9 Å². The summed E-state index contributed by atoms with van der Waals surface area (Å²) in [6, 6.07) is 9.22. The number of nitrogens with zero attached hydrogens (tertiary/aromatic N) is 1. The van der Waals surface area contributed by atoms with Crippen LogP contribution in [0, 0.1) is 6.92 Å². The number of benzene rings is 1. The predicted octanol–water partition coefficient (Wildman–Crippen LogP) is 2.09. The van der Waals surface area contributed by atoms with E-state index in [0.717, 1.165) is 5.56 Å².